The number of pyridine rings is 1. The Morgan fingerprint density at radius 1 is 1.12 bits per heavy atom. The summed E-state index contributed by atoms with van der Waals surface area (Å²) in [5.41, 5.74) is 3.85. The van der Waals surface area contributed by atoms with Gasteiger partial charge in [0.25, 0.3) is 0 Å². The monoisotopic (exact) mass is 606 g/mol. The van der Waals surface area contributed by atoms with Crippen LogP contribution in [0, 0.1) is 12.3 Å². The van der Waals surface area contributed by atoms with E-state index in [0.29, 0.717) is 29.9 Å². The zero-order chi connectivity index (χ0) is 28.0. The van der Waals surface area contributed by atoms with Gasteiger partial charge in [-0.2, -0.15) is 5.10 Å². The highest BCUT2D eigenvalue weighted by molar-refractivity contribution is 9.10. The van der Waals surface area contributed by atoms with E-state index in [9.17, 15) is 14.4 Å². The fourth-order valence-electron chi connectivity index (χ4n) is 6.72. The van der Waals surface area contributed by atoms with Crippen molar-refractivity contribution in [1.82, 2.24) is 19.7 Å². The van der Waals surface area contributed by atoms with Crippen molar-refractivity contribution in [3.8, 4) is 0 Å². The van der Waals surface area contributed by atoms with E-state index in [-0.39, 0.29) is 41.9 Å². The van der Waals surface area contributed by atoms with Crippen LogP contribution in [0.15, 0.2) is 34.9 Å². The van der Waals surface area contributed by atoms with E-state index >= 15 is 0 Å². The first-order valence-corrected chi connectivity index (χ1v) is 15.1. The van der Waals surface area contributed by atoms with Crippen molar-refractivity contribution in [2.24, 2.45) is 5.41 Å². The number of hydrogen-bond donors (Lipinski definition) is 0. The number of halogens is 1. The topological polar surface area (TPSA) is 94.4 Å². The van der Waals surface area contributed by atoms with E-state index in [4.69, 9.17) is 4.74 Å². The van der Waals surface area contributed by atoms with Gasteiger partial charge in [-0.15, -0.1) is 0 Å². The molecule has 1 saturated heterocycles. The third kappa shape index (κ3) is 5.02. The van der Waals surface area contributed by atoms with Crippen LogP contribution in [-0.4, -0.2) is 62.4 Å². The Morgan fingerprint density at radius 3 is 2.77 bits per heavy atom. The molecule has 4 heterocycles. The first-order chi connectivity index (χ1) is 19.3. The number of ketones is 2. The lowest BCUT2D eigenvalue weighted by atomic mass is 9.95. The van der Waals surface area contributed by atoms with Crippen molar-refractivity contribution in [2.45, 2.75) is 83.8 Å². The second-order valence-electron chi connectivity index (χ2n) is 11.7. The predicted molar refractivity (Wildman–Crippen MR) is 154 cm³/mol. The number of carbonyl (C=O) groups is 3. The van der Waals surface area contributed by atoms with Gasteiger partial charge in [0.1, 0.15) is 16.8 Å². The van der Waals surface area contributed by atoms with Gasteiger partial charge in [0.2, 0.25) is 5.91 Å². The summed E-state index contributed by atoms with van der Waals surface area (Å²) in [5, 5.41) is 5.44. The number of aryl methyl sites for hydroxylation is 2. The number of piperidine rings is 1. The highest BCUT2D eigenvalue weighted by atomic mass is 79.9. The van der Waals surface area contributed by atoms with Gasteiger partial charge in [0, 0.05) is 30.4 Å². The van der Waals surface area contributed by atoms with Crippen LogP contribution < -0.4 is 0 Å². The number of aromatic nitrogens is 3. The SMILES string of the molecule is CC(=O)c1nn2c3c(cccc13)CCCCCCOC[C@@]13C[C@@H](C(=O)Cc4nc(Br)ccc4C)N(C(=O)C2)[C@@H]1C3. The minimum absolute atomic E-state index is 0.00183. The van der Waals surface area contributed by atoms with E-state index in [1.165, 1.54) is 6.92 Å². The molecule has 0 spiro atoms. The van der Waals surface area contributed by atoms with Gasteiger partial charge in [-0.05, 0) is 72.2 Å². The van der Waals surface area contributed by atoms with Crippen LogP contribution in [0.2, 0.25) is 0 Å². The van der Waals surface area contributed by atoms with Crippen molar-refractivity contribution in [2.75, 3.05) is 13.2 Å². The molecule has 3 aliphatic rings. The number of para-hydroxylation sites is 1. The molecule has 0 N–H and O–H groups in total. The van der Waals surface area contributed by atoms with Crippen molar-refractivity contribution in [3.05, 3.63) is 57.4 Å². The average Bonchev–Trinajstić information content (AvgIpc) is 3.32. The van der Waals surface area contributed by atoms with Gasteiger partial charge < -0.3 is 9.64 Å². The first kappa shape index (κ1) is 27.3. The fraction of sp³-hybridized carbons (Fsp3) is 0.516. The normalized spacial score (nSPS) is 25.2. The Balaban J connectivity index is 1.36. The lowest BCUT2D eigenvalue weighted by Crippen LogP contribution is -2.45. The van der Waals surface area contributed by atoms with Crippen LogP contribution in [0.25, 0.3) is 10.9 Å². The number of benzene rings is 1. The highest BCUT2D eigenvalue weighted by Gasteiger charge is 2.67. The molecule has 1 aromatic carbocycles. The summed E-state index contributed by atoms with van der Waals surface area (Å²) in [5.74, 6) is -0.256. The molecular formula is C31H35BrN4O4. The minimum atomic E-state index is -0.528. The highest BCUT2D eigenvalue weighted by Crippen LogP contribution is 2.60. The maximum absolute atomic E-state index is 14.1. The number of nitrogens with zero attached hydrogens (tertiary/aromatic N) is 4. The Kier molecular flexibility index (Phi) is 7.38. The molecule has 1 aliphatic carbocycles. The summed E-state index contributed by atoms with van der Waals surface area (Å²) in [7, 11) is 0. The summed E-state index contributed by atoms with van der Waals surface area (Å²) < 4.78 is 8.53. The van der Waals surface area contributed by atoms with E-state index in [0.717, 1.165) is 66.2 Å². The Bertz CT molecular complexity index is 1500. The van der Waals surface area contributed by atoms with E-state index in [2.05, 4.69) is 32.1 Å². The molecule has 3 atom stereocenters. The molecule has 9 heteroatoms. The molecule has 8 nitrogen and oxygen atoms in total. The number of amides is 1. The van der Waals surface area contributed by atoms with Crippen molar-refractivity contribution in [1.29, 1.82) is 0 Å². The van der Waals surface area contributed by atoms with E-state index in [1.54, 1.807) is 4.68 Å². The lowest BCUT2D eigenvalue weighted by Gasteiger charge is -2.27. The van der Waals surface area contributed by atoms with Gasteiger partial charge in [-0.1, -0.05) is 37.1 Å². The number of rotatable bonds is 4. The summed E-state index contributed by atoms with van der Waals surface area (Å²) in [4.78, 5) is 46.7. The van der Waals surface area contributed by atoms with Crippen LogP contribution in [0.3, 0.4) is 0 Å². The standard InChI is InChI=1S/C31H35BrN4O4/c1-19-11-12-27(32)33-23(19)14-25(38)24-15-31-16-26(31)36(24)28(39)17-35-30-21(8-5-3-4-6-13-40-18-31)9-7-10-22(30)29(34-35)20(2)37/h7,9-12,24,26H,3-6,8,13-18H2,1-2H3/t24-,26+,31-/m0/s1. The summed E-state index contributed by atoms with van der Waals surface area (Å²) in [6.07, 6.45) is 6.68. The molecule has 2 aromatic heterocycles. The van der Waals surface area contributed by atoms with Gasteiger partial charge in [0.05, 0.1) is 30.3 Å². The fourth-order valence-corrected chi connectivity index (χ4v) is 7.07. The molecule has 2 fully saturated rings. The molecule has 6 rings (SSSR count). The Labute approximate surface area is 242 Å². The predicted octanol–water partition coefficient (Wildman–Crippen LogP) is 5.01. The van der Waals surface area contributed by atoms with Gasteiger partial charge in [-0.3, -0.25) is 19.1 Å². The zero-order valence-electron chi connectivity index (χ0n) is 23.1. The molecule has 210 valence electrons. The van der Waals surface area contributed by atoms with Crippen LogP contribution in [0.5, 0.6) is 0 Å². The van der Waals surface area contributed by atoms with Gasteiger partial charge >= 0.3 is 0 Å². The van der Waals surface area contributed by atoms with Crippen LogP contribution in [0.4, 0.5) is 0 Å². The smallest absolute Gasteiger partial charge is 0.245 e. The van der Waals surface area contributed by atoms with Gasteiger partial charge in [-0.25, -0.2) is 4.98 Å². The maximum atomic E-state index is 14.1. The van der Waals surface area contributed by atoms with E-state index < -0.39 is 6.04 Å². The number of hydrogen-bond acceptors (Lipinski definition) is 6. The summed E-state index contributed by atoms with van der Waals surface area (Å²) in [6.45, 7) is 4.73. The first-order valence-electron chi connectivity index (χ1n) is 14.3. The van der Waals surface area contributed by atoms with Crippen molar-refractivity contribution in [3.63, 3.8) is 0 Å². The molecule has 40 heavy (non-hydrogen) atoms. The molecule has 1 saturated carbocycles. The van der Waals surface area contributed by atoms with E-state index in [1.807, 2.05) is 36.1 Å². The van der Waals surface area contributed by atoms with Gasteiger partial charge in [0.15, 0.2) is 11.6 Å². The average molecular weight is 608 g/mol. The van der Waals surface area contributed by atoms with Crippen molar-refractivity contribution < 1.29 is 19.1 Å². The Hall–Kier alpha value is -2.91. The zero-order valence-corrected chi connectivity index (χ0v) is 24.7. The summed E-state index contributed by atoms with van der Waals surface area (Å²) in [6, 6.07) is 9.22. The molecule has 2 bridgehead atoms. The lowest BCUT2D eigenvalue weighted by molar-refractivity contribution is -0.139. The number of ether oxygens (including phenoxy) is 1. The Morgan fingerprint density at radius 2 is 1.95 bits per heavy atom. The second kappa shape index (κ2) is 10.8. The second-order valence-corrected chi connectivity index (χ2v) is 12.5. The largest absolute Gasteiger partial charge is 0.381 e. The van der Waals surface area contributed by atoms with Crippen LogP contribution in [0.1, 0.15) is 72.8 Å². The number of Topliss-reactive ketones (excluding diaryl/α,β-unsaturated/α-hetero) is 2. The third-order valence-corrected chi connectivity index (χ3v) is 9.38. The number of carbonyl (C=O) groups excluding carboxylic acids is 3. The third-order valence-electron chi connectivity index (χ3n) is 8.93. The molecule has 0 unspecified atom stereocenters. The van der Waals surface area contributed by atoms with Crippen LogP contribution in [-0.2, 0) is 33.7 Å². The summed E-state index contributed by atoms with van der Waals surface area (Å²) >= 11 is 3.42. The maximum Gasteiger partial charge on any atom is 0.245 e. The van der Waals surface area contributed by atoms with Crippen LogP contribution >= 0.6 is 15.9 Å². The minimum Gasteiger partial charge on any atom is -0.381 e. The quantitative estimate of drug-likeness (QED) is 0.306. The molecular weight excluding hydrogens is 572 g/mol. The van der Waals surface area contributed by atoms with Crippen molar-refractivity contribution >= 4 is 44.3 Å². The molecule has 0 radical (unpaired) electrons. The molecule has 1 amide bonds. The molecule has 2 aliphatic heterocycles. The molecule has 3 aromatic rings.